The van der Waals surface area contributed by atoms with E-state index in [-0.39, 0.29) is 17.7 Å². The number of hydrogen-bond acceptors (Lipinski definition) is 5. The molecule has 2 amide bonds. The van der Waals surface area contributed by atoms with Gasteiger partial charge >= 0.3 is 0 Å². The van der Waals surface area contributed by atoms with Crippen LogP contribution in [0.5, 0.6) is 0 Å². The molecule has 3 heterocycles. The standard InChI is InChI=1S/C27H27N3O3S/c1-29(14-11-19-7-3-2-4-8-19)26(31)22-18-34-25(28-22)20-12-15-30(16-13-20)27(32)24-17-21-9-5-6-10-23(21)33-24/h2-10,17-18,20H,11-16H2,1H3. The molecule has 0 bridgehead atoms. The lowest BCUT2D eigenvalue weighted by molar-refractivity contribution is 0.0683. The number of carbonyl (C=O) groups excluding carboxylic acids is 2. The molecule has 1 fully saturated rings. The predicted molar refractivity (Wildman–Crippen MR) is 133 cm³/mol. The molecule has 1 aliphatic rings. The number of piperidine rings is 1. The molecule has 0 spiro atoms. The minimum Gasteiger partial charge on any atom is -0.451 e. The summed E-state index contributed by atoms with van der Waals surface area (Å²) in [6, 6.07) is 19.6. The summed E-state index contributed by atoms with van der Waals surface area (Å²) in [7, 11) is 1.83. The molecule has 174 valence electrons. The summed E-state index contributed by atoms with van der Waals surface area (Å²) in [5, 5.41) is 3.79. The van der Waals surface area contributed by atoms with E-state index in [1.807, 2.05) is 65.9 Å². The van der Waals surface area contributed by atoms with Crippen molar-refractivity contribution in [1.29, 1.82) is 0 Å². The number of nitrogens with zero attached hydrogens (tertiary/aromatic N) is 3. The van der Waals surface area contributed by atoms with Crippen LogP contribution in [0.3, 0.4) is 0 Å². The van der Waals surface area contributed by atoms with Gasteiger partial charge in [0.1, 0.15) is 11.3 Å². The summed E-state index contributed by atoms with van der Waals surface area (Å²) in [6.07, 6.45) is 2.48. The first-order valence-electron chi connectivity index (χ1n) is 11.6. The molecule has 7 heteroatoms. The summed E-state index contributed by atoms with van der Waals surface area (Å²) in [5.74, 6) is 0.543. The van der Waals surface area contributed by atoms with Crippen molar-refractivity contribution >= 4 is 34.1 Å². The molecule has 4 aromatic rings. The van der Waals surface area contributed by atoms with E-state index in [1.165, 1.54) is 5.56 Å². The van der Waals surface area contributed by atoms with Crippen LogP contribution >= 0.6 is 11.3 Å². The number of aromatic nitrogens is 1. The smallest absolute Gasteiger partial charge is 0.289 e. The summed E-state index contributed by atoms with van der Waals surface area (Å²) in [6.45, 7) is 1.96. The first-order chi connectivity index (χ1) is 16.6. The van der Waals surface area contributed by atoms with Crippen molar-refractivity contribution in [1.82, 2.24) is 14.8 Å². The second-order valence-electron chi connectivity index (χ2n) is 8.75. The van der Waals surface area contributed by atoms with Crippen molar-refractivity contribution in [3.8, 4) is 0 Å². The van der Waals surface area contributed by atoms with Crippen LogP contribution in [-0.4, -0.2) is 53.3 Å². The van der Waals surface area contributed by atoms with Gasteiger partial charge in [0.25, 0.3) is 11.8 Å². The maximum atomic E-state index is 12.9. The molecule has 0 aliphatic carbocycles. The van der Waals surface area contributed by atoms with Crippen LogP contribution in [0, 0.1) is 0 Å². The zero-order chi connectivity index (χ0) is 23.5. The topological polar surface area (TPSA) is 66.7 Å². The Hall–Kier alpha value is -3.45. The average molecular weight is 474 g/mol. The molecule has 0 saturated carbocycles. The second-order valence-corrected chi connectivity index (χ2v) is 9.64. The quantitative estimate of drug-likeness (QED) is 0.385. The van der Waals surface area contributed by atoms with Gasteiger partial charge in [0.2, 0.25) is 0 Å². The summed E-state index contributed by atoms with van der Waals surface area (Å²) in [5.41, 5.74) is 2.45. The Kier molecular flexibility index (Phi) is 6.45. The lowest BCUT2D eigenvalue weighted by atomic mass is 9.97. The molecule has 0 atom stereocenters. The number of furan rings is 1. The lowest BCUT2D eigenvalue weighted by Crippen LogP contribution is -2.37. The number of fused-ring (bicyclic) bond motifs is 1. The van der Waals surface area contributed by atoms with Crippen LogP contribution in [0.15, 0.2) is 70.5 Å². The maximum absolute atomic E-state index is 12.9. The first-order valence-corrected chi connectivity index (χ1v) is 12.5. The molecule has 1 saturated heterocycles. The van der Waals surface area contributed by atoms with E-state index in [4.69, 9.17) is 4.42 Å². The fraction of sp³-hybridized carbons (Fsp3) is 0.296. The van der Waals surface area contributed by atoms with Crippen molar-refractivity contribution in [3.05, 3.63) is 88.1 Å². The Morgan fingerprint density at radius 2 is 1.82 bits per heavy atom. The zero-order valence-electron chi connectivity index (χ0n) is 19.1. The van der Waals surface area contributed by atoms with Gasteiger partial charge in [0.05, 0.1) is 5.01 Å². The van der Waals surface area contributed by atoms with E-state index in [9.17, 15) is 9.59 Å². The Bertz CT molecular complexity index is 1260. The van der Waals surface area contributed by atoms with Gasteiger partial charge in [0, 0.05) is 43.4 Å². The van der Waals surface area contributed by atoms with Crippen LogP contribution in [-0.2, 0) is 6.42 Å². The van der Waals surface area contributed by atoms with E-state index in [0.29, 0.717) is 31.1 Å². The molecule has 1 aliphatic heterocycles. The van der Waals surface area contributed by atoms with E-state index >= 15 is 0 Å². The average Bonchev–Trinajstić information content (AvgIpc) is 3.55. The summed E-state index contributed by atoms with van der Waals surface area (Å²) in [4.78, 5) is 34.0. The van der Waals surface area contributed by atoms with Crippen molar-refractivity contribution < 1.29 is 14.0 Å². The van der Waals surface area contributed by atoms with E-state index < -0.39 is 0 Å². The highest BCUT2D eigenvalue weighted by Crippen LogP contribution is 2.31. The highest BCUT2D eigenvalue weighted by molar-refractivity contribution is 7.09. The third-order valence-electron chi connectivity index (χ3n) is 6.43. The number of likely N-dealkylation sites (N-methyl/N-ethyl adjacent to an activating group) is 1. The Morgan fingerprint density at radius 1 is 1.09 bits per heavy atom. The van der Waals surface area contributed by atoms with Gasteiger partial charge in [-0.05, 0) is 37.0 Å². The summed E-state index contributed by atoms with van der Waals surface area (Å²) >= 11 is 1.54. The third-order valence-corrected chi connectivity index (χ3v) is 7.44. The van der Waals surface area contributed by atoms with E-state index in [0.717, 1.165) is 35.2 Å². The predicted octanol–water partition coefficient (Wildman–Crippen LogP) is 5.22. The van der Waals surface area contributed by atoms with Crippen LogP contribution < -0.4 is 0 Å². The zero-order valence-corrected chi connectivity index (χ0v) is 20.0. The number of para-hydroxylation sites is 1. The fourth-order valence-corrected chi connectivity index (χ4v) is 5.35. The number of benzene rings is 2. The summed E-state index contributed by atoms with van der Waals surface area (Å²) < 4.78 is 5.75. The van der Waals surface area contributed by atoms with Crippen LogP contribution in [0.1, 0.15) is 50.4 Å². The largest absolute Gasteiger partial charge is 0.451 e. The van der Waals surface area contributed by atoms with Gasteiger partial charge in [-0.2, -0.15) is 0 Å². The second kappa shape index (κ2) is 9.81. The fourth-order valence-electron chi connectivity index (χ4n) is 4.38. The van der Waals surface area contributed by atoms with E-state index in [1.54, 1.807) is 16.2 Å². The Morgan fingerprint density at radius 3 is 2.59 bits per heavy atom. The molecular formula is C27H27N3O3S. The van der Waals surface area contributed by atoms with Crippen LogP contribution in [0.4, 0.5) is 0 Å². The monoisotopic (exact) mass is 473 g/mol. The third kappa shape index (κ3) is 4.75. The number of rotatable bonds is 6. The minimum atomic E-state index is -0.0651. The number of hydrogen-bond donors (Lipinski definition) is 0. The van der Waals surface area contributed by atoms with Crippen molar-refractivity contribution in [2.24, 2.45) is 0 Å². The lowest BCUT2D eigenvalue weighted by Gasteiger charge is -2.30. The Balaban J connectivity index is 1.16. The molecule has 2 aromatic carbocycles. The molecule has 0 unspecified atom stereocenters. The van der Waals surface area contributed by atoms with Crippen molar-refractivity contribution in [3.63, 3.8) is 0 Å². The molecule has 0 radical (unpaired) electrons. The Labute approximate surface area is 202 Å². The van der Waals surface area contributed by atoms with Gasteiger partial charge in [-0.25, -0.2) is 4.98 Å². The molecule has 0 N–H and O–H groups in total. The van der Waals surface area contributed by atoms with Crippen LogP contribution in [0.2, 0.25) is 0 Å². The number of thiazole rings is 1. The van der Waals surface area contributed by atoms with Crippen molar-refractivity contribution in [2.75, 3.05) is 26.7 Å². The van der Waals surface area contributed by atoms with E-state index in [2.05, 4.69) is 17.1 Å². The molecule has 34 heavy (non-hydrogen) atoms. The van der Waals surface area contributed by atoms with Gasteiger partial charge in [-0.15, -0.1) is 11.3 Å². The van der Waals surface area contributed by atoms with Gasteiger partial charge < -0.3 is 14.2 Å². The van der Waals surface area contributed by atoms with Crippen LogP contribution in [0.25, 0.3) is 11.0 Å². The number of amides is 2. The highest BCUT2D eigenvalue weighted by Gasteiger charge is 2.28. The van der Waals surface area contributed by atoms with Gasteiger partial charge in [-0.3, -0.25) is 9.59 Å². The van der Waals surface area contributed by atoms with Gasteiger partial charge in [-0.1, -0.05) is 48.5 Å². The van der Waals surface area contributed by atoms with Crippen molar-refractivity contribution in [2.45, 2.75) is 25.2 Å². The number of carbonyl (C=O) groups is 2. The van der Waals surface area contributed by atoms with Gasteiger partial charge in [0.15, 0.2) is 5.76 Å². The molecular weight excluding hydrogens is 446 g/mol. The molecule has 2 aromatic heterocycles. The SMILES string of the molecule is CN(CCc1ccccc1)C(=O)c1csc(C2CCN(C(=O)c3cc4ccccc4o3)CC2)n1. The number of likely N-dealkylation sites (tertiary alicyclic amines) is 1. The molecule has 5 rings (SSSR count). The normalized spacial score (nSPS) is 14.4. The maximum Gasteiger partial charge on any atom is 0.289 e. The first kappa shape index (κ1) is 22.3. The highest BCUT2D eigenvalue weighted by atomic mass is 32.1. The minimum absolute atomic E-state index is 0.0454. The molecule has 6 nitrogen and oxygen atoms in total.